The zero-order chi connectivity index (χ0) is 15.2. The largest absolute Gasteiger partial charge is 0.324 e. The van der Waals surface area contributed by atoms with Gasteiger partial charge in [-0.05, 0) is 49.9 Å². The molecular formula is C17H27N3O. The molecule has 4 nitrogen and oxygen atoms in total. The van der Waals surface area contributed by atoms with Crippen LogP contribution in [0.2, 0.25) is 0 Å². The van der Waals surface area contributed by atoms with E-state index in [4.69, 9.17) is 5.73 Å². The minimum atomic E-state index is -0.440. The molecule has 4 heteroatoms. The summed E-state index contributed by atoms with van der Waals surface area (Å²) in [5.41, 5.74) is 8.02. The lowest BCUT2D eigenvalue weighted by Crippen LogP contribution is -2.37. The summed E-state index contributed by atoms with van der Waals surface area (Å²) in [4.78, 5) is 14.6. The highest BCUT2D eigenvalue weighted by Crippen LogP contribution is 2.20. The Labute approximate surface area is 127 Å². The lowest BCUT2D eigenvalue weighted by Gasteiger charge is -2.19. The van der Waals surface area contributed by atoms with E-state index in [1.807, 2.05) is 18.2 Å². The lowest BCUT2D eigenvalue weighted by molar-refractivity contribution is -0.117. The molecule has 0 bridgehead atoms. The maximum Gasteiger partial charge on any atom is 0.241 e. The number of anilines is 1. The Morgan fingerprint density at radius 1 is 1.29 bits per heavy atom. The Hall–Kier alpha value is -1.39. The third-order valence-electron chi connectivity index (χ3n) is 3.93. The van der Waals surface area contributed by atoms with E-state index in [2.05, 4.69) is 30.1 Å². The maximum absolute atomic E-state index is 12.2. The number of hydrogen-bond donors (Lipinski definition) is 2. The number of para-hydroxylation sites is 1. The number of rotatable bonds is 6. The van der Waals surface area contributed by atoms with Gasteiger partial charge in [0, 0.05) is 12.2 Å². The summed E-state index contributed by atoms with van der Waals surface area (Å²) >= 11 is 0. The van der Waals surface area contributed by atoms with Gasteiger partial charge in [0.15, 0.2) is 0 Å². The smallest absolute Gasteiger partial charge is 0.241 e. The van der Waals surface area contributed by atoms with Crippen LogP contribution in [0.1, 0.15) is 38.7 Å². The molecule has 1 atom stereocenters. The summed E-state index contributed by atoms with van der Waals surface area (Å²) in [6, 6.07) is 7.59. The molecule has 1 heterocycles. The highest BCUT2D eigenvalue weighted by Gasteiger charge is 2.18. The third-order valence-corrected chi connectivity index (χ3v) is 3.93. The Kier molecular flexibility index (Phi) is 5.76. The van der Waals surface area contributed by atoms with Gasteiger partial charge in [0.2, 0.25) is 5.91 Å². The molecule has 0 unspecified atom stereocenters. The second kappa shape index (κ2) is 7.57. The van der Waals surface area contributed by atoms with E-state index in [1.165, 1.54) is 18.4 Å². The van der Waals surface area contributed by atoms with Crippen molar-refractivity contribution in [2.45, 2.75) is 45.7 Å². The van der Waals surface area contributed by atoms with E-state index >= 15 is 0 Å². The molecule has 0 saturated carbocycles. The van der Waals surface area contributed by atoms with Crippen molar-refractivity contribution in [3.8, 4) is 0 Å². The Bertz CT molecular complexity index is 467. The molecule has 1 aliphatic heterocycles. The number of nitrogens with two attached hydrogens (primary N) is 1. The van der Waals surface area contributed by atoms with Gasteiger partial charge in [-0.1, -0.05) is 32.0 Å². The van der Waals surface area contributed by atoms with Crippen molar-refractivity contribution in [3.63, 3.8) is 0 Å². The molecule has 3 N–H and O–H groups in total. The fourth-order valence-corrected chi connectivity index (χ4v) is 2.80. The molecule has 0 aliphatic carbocycles. The van der Waals surface area contributed by atoms with Gasteiger partial charge in [0.1, 0.15) is 0 Å². The predicted octanol–water partition coefficient (Wildman–Crippen LogP) is 2.59. The molecule has 1 amide bonds. The molecule has 0 aromatic heterocycles. The highest BCUT2D eigenvalue weighted by molar-refractivity contribution is 5.95. The summed E-state index contributed by atoms with van der Waals surface area (Å²) in [6.45, 7) is 7.35. The van der Waals surface area contributed by atoms with Crippen LogP contribution in [0.15, 0.2) is 24.3 Å². The Morgan fingerprint density at radius 3 is 2.62 bits per heavy atom. The number of carbonyl (C=O) groups excluding carboxylic acids is 1. The minimum Gasteiger partial charge on any atom is -0.324 e. The summed E-state index contributed by atoms with van der Waals surface area (Å²) < 4.78 is 0. The van der Waals surface area contributed by atoms with Gasteiger partial charge in [0.25, 0.3) is 0 Å². The van der Waals surface area contributed by atoms with E-state index in [1.54, 1.807) is 0 Å². The number of likely N-dealkylation sites (tertiary alicyclic amines) is 1. The SMILES string of the molecule is CC(C)C[C@@H](N)C(=O)Nc1ccccc1CN1CCCC1. The lowest BCUT2D eigenvalue weighted by atomic mass is 10.0. The first-order valence-electron chi connectivity index (χ1n) is 7.93. The van der Waals surface area contributed by atoms with E-state index in [0.717, 1.165) is 25.3 Å². The molecule has 1 aliphatic rings. The normalized spacial score (nSPS) is 17.1. The van der Waals surface area contributed by atoms with Crippen molar-refractivity contribution >= 4 is 11.6 Å². The van der Waals surface area contributed by atoms with E-state index < -0.39 is 6.04 Å². The van der Waals surface area contributed by atoms with Crippen molar-refractivity contribution in [1.82, 2.24) is 4.90 Å². The summed E-state index contributed by atoms with van der Waals surface area (Å²) in [5, 5.41) is 3.00. The standard InChI is InChI=1S/C17H27N3O/c1-13(2)11-15(18)17(21)19-16-8-4-3-7-14(16)12-20-9-5-6-10-20/h3-4,7-8,13,15H,5-6,9-12,18H2,1-2H3,(H,19,21)/t15-/m1/s1. The van der Waals surface area contributed by atoms with Crippen LogP contribution in [0.4, 0.5) is 5.69 Å². The van der Waals surface area contributed by atoms with E-state index in [-0.39, 0.29) is 5.91 Å². The topological polar surface area (TPSA) is 58.4 Å². The Balaban J connectivity index is 2.00. The zero-order valence-corrected chi connectivity index (χ0v) is 13.1. The molecule has 1 fully saturated rings. The first-order valence-corrected chi connectivity index (χ1v) is 7.93. The van der Waals surface area contributed by atoms with Crippen LogP contribution in [0.25, 0.3) is 0 Å². The first-order chi connectivity index (χ1) is 10.1. The molecule has 0 spiro atoms. The molecule has 1 aromatic carbocycles. The monoisotopic (exact) mass is 289 g/mol. The molecule has 1 aromatic rings. The van der Waals surface area contributed by atoms with Crippen molar-refractivity contribution in [3.05, 3.63) is 29.8 Å². The van der Waals surface area contributed by atoms with Gasteiger partial charge in [-0.3, -0.25) is 9.69 Å². The van der Waals surface area contributed by atoms with Crippen LogP contribution in [0.3, 0.4) is 0 Å². The van der Waals surface area contributed by atoms with Crippen LogP contribution in [0, 0.1) is 5.92 Å². The van der Waals surface area contributed by atoms with Gasteiger partial charge in [-0.15, -0.1) is 0 Å². The van der Waals surface area contributed by atoms with Crippen LogP contribution in [-0.2, 0) is 11.3 Å². The number of carbonyl (C=O) groups is 1. The average Bonchev–Trinajstić information content (AvgIpc) is 2.93. The number of benzene rings is 1. The number of amides is 1. The molecule has 0 radical (unpaired) electrons. The fourth-order valence-electron chi connectivity index (χ4n) is 2.80. The fraction of sp³-hybridized carbons (Fsp3) is 0.588. The van der Waals surface area contributed by atoms with Crippen molar-refractivity contribution in [1.29, 1.82) is 0 Å². The maximum atomic E-state index is 12.2. The van der Waals surface area contributed by atoms with Gasteiger partial charge in [0.05, 0.1) is 6.04 Å². The molecule has 116 valence electrons. The summed E-state index contributed by atoms with van der Waals surface area (Å²) in [5.74, 6) is 0.336. The van der Waals surface area contributed by atoms with Gasteiger partial charge in [-0.2, -0.15) is 0 Å². The van der Waals surface area contributed by atoms with Gasteiger partial charge >= 0.3 is 0 Å². The number of nitrogens with one attached hydrogen (secondary N) is 1. The van der Waals surface area contributed by atoms with Crippen LogP contribution >= 0.6 is 0 Å². The summed E-state index contributed by atoms with van der Waals surface area (Å²) in [7, 11) is 0. The van der Waals surface area contributed by atoms with E-state index in [9.17, 15) is 4.79 Å². The van der Waals surface area contributed by atoms with Crippen LogP contribution in [0.5, 0.6) is 0 Å². The van der Waals surface area contributed by atoms with Gasteiger partial charge in [-0.25, -0.2) is 0 Å². The second-order valence-electron chi connectivity index (χ2n) is 6.37. The van der Waals surface area contributed by atoms with Gasteiger partial charge < -0.3 is 11.1 Å². The highest BCUT2D eigenvalue weighted by atomic mass is 16.2. The molecular weight excluding hydrogens is 262 g/mol. The Morgan fingerprint density at radius 2 is 1.95 bits per heavy atom. The second-order valence-corrected chi connectivity index (χ2v) is 6.37. The van der Waals surface area contributed by atoms with E-state index in [0.29, 0.717) is 12.3 Å². The van der Waals surface area contributed by atoms with Crippen molar-refractivity contribution < 1.29 is 4.79 Å². The van der Waals surface area contributed by atoms with Crippen molar-refractivity contribution in [2.75, 3.05) is 18.4 Å². The zero-order valence-electron chi connectivity index (χ0n) is 13.1. The number of hydrogen-bond acceptors (Lipinski definition) is 3. The average molecular weight is 289 g/mol. The minimum absolute atomic E-state index is 0.0856. The predicted molar refractivity (Wildman–Crippen MR) is 87.0 cm³/mol. The van der Waals surface area contributed by atoms with Crippen LogP contribution in [-0.4, -0.2) is 29.9 Å². The summed E-state index contributed by atoms with van der Waals surface area (Å²) in [6.07, 6.45) is 3.25. The van der Waals surface area contributed by atoms with Crippen molar-refractivity contribution in [2.24, 2.45) is 11.7 Å². The molecule has 1 saturated heterocycles. The molecule has 21 heavy (non-hydrogen) atoms. The van der Waals surface area contributed by atoms with Crippen LogP contribution < -0.4 is 11.1 Å². The molecule has 2 rings (SSSR count). The quantitative estimate of drug-likeness (QED) is 0.846. The first kappa shape index (κ1) is 16.0. The number of nitrogens with zero attached hydrogens (tertiary/aromatic N) is 1. The third kappa shape index (κ3) is 4.83.